The quantitative estimate of drug-likeness (QED) is 0.266. The molecule has 2 aromatic rings. The molecule has 0 spiro atoms. The summed E-state index contributed by atoms with van der Waals surface area (Å²) in [5, 5.41) is 35.9. The van der Waals surface area contributed by atoms with Gasteiger partial charge in [0, 0.05) is 13.0 Å². The van der Waals surface area contributed by atoms with Gasteiger partial charge >= 0.3 is 0 Å². The molecule has 4 atom stereocenters. The number of hydrogen-bond acceptors (Lipinski definition) is 6. The van der Waals surface area contributed by atoms with Gasteiger partial charge in [-0.05, 0) is 40.7 Å². The first kappa shape index (κ1) is 24.7. The van der Waals surface area contributed by atoms with Crippen LogP contribution >= 0.6 is 0 Å². The van der Waals surface area contributed by atoms with Crippen LogP contribution in [0.3, 0.4) is 0 Å². The molecule has 2 aromatic carbocycles. The zero-order chi connectivity index (χ0) is 24.2. The van der Waals surface area contributed by atoms with Crippen molar-refractivity contribution in [3.8, 4) is 5.75 Å². The van der Waals surface area contributed by atoms with E-state index in [1.807, 2.05) is 45.0 Å². The van der Waals surface area contributed by atoms with Crippen LogP contribution < -0.4 is 16.1 Å². The van der Waals surface area contributed by atoms with Gasteiger partial charge in [0.2, 0.25) is 5.91 Å². The Morgan fingerprint density at radius 3 is 2.48 bits per heavy atom. The van der Waals surface area contributed by atoms with E-state index in [0.29, 0.717) is 18.5 Å². The zero-order valence-corrected chi connectivity index (χ0v) is 19.2. The Bertz CT molecular complexity index is 988. The average Bonchev–Trinajstić information content (AvgIpc) is 3.07. The van der Waals surface area contributed by atoms with E-state index in [9.17, 15) is 25.0 Å². The number of nitrogens with one attached hydrogen (secondary N) is 3. The lowest BCUT2D eigenvalue weighted by molar-refractivity contribution is -0.138. The number of hydroxylamine groups is 1. The number of carbonyl (C=O) groups excluding carboxylic acids is 2. The van der Waals surface area contributed by atoms with Gasteiger partial charge in [0.1, 0.15) is 11.8 Å². The third-order valence-electron chi connectivity index (χ3n) is 5.85. The molecule has 0 saturated carbocycles. The predicted molar refractivity (Wildman–Crippen MR) is 124 cm³/mol. The number of aliphatic hydroxyl groups is 1. The first-order valence-electron chi connectivity index (χ1n) is 11.1. The van der Waals surface area contributed by atoms with Crippen molar-refractivity contribution in [2.75, 3.05) is 6.54 Å². The molecule has 0 heterocycles. The molecule has 3 rings (SSSR count). The molecule has 8 heteroatoms. The minimum Gasteiger partial charge on any atom is -0.508 e. The van der Waals surface area contributed by atoms with Crippen molar-refractivity contribution < 1.29 is 25.0 Å². The van der Waals surface area contributed by atoms with Crippen LogP contribution in [-0.2, 0) is 22.4 Å². The number of fused-ring (bicyclic) bond motifs is 1. The summed E-state index contributed by atoms with van der Waals surface area (Å²) >= 11 is 0. The van der Waals surface area contributed by atoms with E-state index in [0.717, 1.165) is 11.1 Å². The van der Waals surface area contributed by atoms with Crippen molar-refractivity contribution in [3.63, 3.8) is 0 Å². The van der Waals surface area contributed by atoms with Crippen LogP contribution in [0.5, 0.6) is 5.75 Å². The van der Waals surface area contributed by atoms with E-state index in [4.69, 9.17) is 0 Å². The first-order valence-corrected chi connectivity index (χ1v) is 11.1. The number of carbonyl (C=O) groups is 2. The minimum absolute atomic E-state index is 0.0533. The average molecular weight is 456 g/mol. The van der Waals surface area contributed by atoms with E-state index in [1.165, 1.54) is 12.1 Å². The maximum Gasteiger partial charge on any atom is 0.261 e. The van der Waals surface area contributed by atoms with E-state index in [2.05, 4.69) is 10.6 Å². The number of phenolic OH excluding ortho intramolecular Hbond substituents is 1. The fraction of sp³-hybridized carbons (Fsp3) is 0.440. The third kappa shape index (κ3) is 6.31. The number of aliphatic hydroxyl groups excluding tert-OH is 1. The molecule has 0 saturated heterocycles. The van der Waals surface area contributed by atoms with Crippen molar-refractivity contribution in [2.24, 2.45) is 11.3 Å². The highest BCUT2D eigenvalue weighted by Gasteiger charge is 2.38. The van der Waals surface area contributed by atoms with Gasteiger partial charge < -0.3 is 20.8 Å². The van der Waals surface area contributed by atoms with Gasteiger partial charge in [-0.2, -0.15) is 0 Å². The normalized spacial score (nSPS) is 19.4. The van der Waals surface area contributed by atoms with Gasteiger partial charge in [-0.1, -0.05) is 57.2 Å². The standard InChI is InChI=1S/C25H33N3O5/c1-25(2,3)14-26-22(24(32)28-33)19(12-15-7-6-9-17(29)11-15)23(31)27-21-18-10-5-4-8-16(18)13-20(21)30/h4-11,19-22,26,29-30,33H,12-14H2,1-3H3,(H,27,31)(H,28,32)/t19-,20-,21+,22+/m1/s1. The molecule has 33 heavy (non-hydrogen) atoms. The van der Waals surface area contributed by atoms with Gasteiger partial charge in [-0.3, -0.25) is 14.8 Å². The fourth-order valence-corrected chi connectivity index (χ4v) is 4.21. The van der Waals surface area contributed by atoms with Crippen LogP contribution in [0.1, 0.15) is 43.5 Å². The summed E-state index contributed by atoms with van der Waals surface area (Å²) in [4.78, 5) is 26.2. The molecule has 0 bridgehead atoms. The van der Waals surface area contributed by atoms with E-state index >= 15 is 0 Å². The predicted octanol–water partition coefficient (Wildman–Crippen LogP) is 1.84. The van der Waals surface area contributed by atoms with Crippen molar-refractivity contribution in [2.45, 2.75) is 51.8 Å². The highest BCUT2D eigenvalue weighted by atomic mass is 16.5. The first-order chi connectivity index (χ1) is 15.6. The summed E-state index contributed by atoms with van der Waals surface area (Å²) in [5.41, 5.74) is 3.97. The molecule has 0 unspecified atom stereocenters. The van der Waals surface area contributed by atoms with Crippen molar-refractivity contribution >= 4 is 11.8 Å². The molecule has 8 nitrogen and oxygen atoms in total. The Balaban J connectivity index is 1.91. The summed E-state index contributed by atoms with van der Waals surface area (Å²) in [5.74, 6) is -2.03. The minimum atomic E-state index is -1.04. The van der Waals surface area contributed by atoms with Crippen LogP contribution in [-0.4, -0.2) is 45.9 Å². The Morgan fingerprint density at radius 2 is 1.82 bits per heavy atom. The summed E-state index contributed by atoms with van der Waals surface area (Å²) in [6, 6.07) is 12.4. The van der Waals surface area contributed by atoms with E-state index < -0.39 is 35.9 Å². The second-order valence-corrected chi connectivity index (χ2v) is 9.83. The van der Waals surface area contributed by atoms with Crippen molar-refractivity contribution in [1.29, 1.82) is 0 Å². The number of rotatable bonds is 8. The molecule has 1 aliphatic rings. The molecule has 0 radical (unpaired) electrons. The SMILES string of the molecule is CC(C)(C)CN[C@H](C(=O)NO)[C@@H](Cc1cccc(O)c1)C(=O)N[C@H]1c2ccccc2C[C@H]1O. The van der Waals surface area contributed by atoms with Gasteiger partial charge in [-0.25, -0.2) is 5.48 Å². The summed E-state index contributed by atoms with van der Waals surface area (Å²) < 4.78 is 0. The summed E-state index contributed by atoms with van der Waals surface area (Å²) in [6.07, 6.45) is -0.207. The zero-order valence-electron chi connectivity index (χ0n) is 19.2. The smallest absolute Gasteiger partial charge is 0.261 e. The number of amides is 2. The number of hydrogen-bond donors (Lipinski definition) is 6. The van der Waals surface area contributed by atoms with Crippen molar-refractivity contribution in [1.82, 2.24) is 16.1 Å². The lowest BCUT2D eigenvalue weighted by Crippen LogP contribution is -2.55. The van der Waals surface area contributed by atoms with Crippen LogP contribution in [0, 0.1) is 11.3 Å². The van der Waals surface area contributed by atoms with E-state index in [1.54, 1.807) is 17.6 Å². The maximum atomic E-state index is 13.5. The second-order valence-electron chi connectivity index (χ2n) is 9.83. The third-order valence-corrected chi connectivity index (χ3v) is 5.85. The monoisotopic (exact) mass is 455 g/mol. The molecule has 1 aliphatic carbocycles. The van der Waals surface area contributed by atoms with Gasteiger partial charge in [0.05, 0.1) is 18.1 Å². The van der Waals surface area contributed by atoms with Crippen molar-refractivity contribution in [3.05, 3.63) is 65.2 Å². The lowest BCUT2D eigenvalue weighted by atomic mass is 9.88. The Hall–Kier alpha value is -2.94. The molecule has 178 valence electrons. The molecule has 0 aliphatic heterocycles. The van der Waals surface area contributed by atoms with Gasteiger partial charge in [0.25, 0.3) is 5.91 Å². The van der Waals surface area contributed by atoms with Crippen LogP contribution in [0.2, 0.25) is 0 Å². The number of benzene rings is 2. The Labute approximate surface area is 194 Å². The Kier molecular flexibility index (Phi) is 7.73. The molecule has 0 fully saturated rings. The van der Waals surface area contributed by atoms with Crippen LogP contribution in [0.15, 0.2) is 48.5 Å². The molecular weight excluding hydrogens is 422 g/mol. The molecule has 6 N–H and O–H groups in total. The molecular formula is C25H33N3O5. The van der Waals surface area contributed by atoms with E-state index in [-0.39, 0.29) is 17.6 Å². The lowest BCUT2D eigenvalue weighted by Gasteiger charge is -2.30. The number of phenols is 1. The molecule has 0 aromatic heterocycles. The van der Waals surface area contributed by atoms with Crippen LogP contribution in [0.4, 0.5) is 0 Å². The highest BCUT2D eigenvalue weighted by molar-refractivity contribution is 5.90. The number of aromatic hydroxyl groups is 1. The largest absolute Gasteiger partial charge is 0.508 e. The fourth-order valence-electron chi connectivity index (χ4n) is 4.21. The second kappa shape index (κ2) is 10.3. The maximum absolute atomic E-state index is 13.5. The summed E-state index contributed by atoms with van der Waals surface area (Å²) in [7, 11) is 0. The highest BCUT2D eigenvalue weighted by Crippen LogP contribution is 2.32. The topological polar surface area (TPSA) is 131 Å². The summed E-state index contributed by atoms with van der Waals surface area (Å²) in [6.45, 7) is 6.39. The van der Waals surface area contributed by atoms with Crippen LogP contribution in [0.25, 0.3) is 0 Å². The van der Waals surface area contributed by atoms with Gasteiger partial charge in [0.15, 0.2) is 0 Å². The van der Waals surface area contributed by atoms with Gasteiger partial charge in [-0.15, -0.1) is 0 Å². The Morgan fingerprint density at radius 1 is 1.09 bits per heavy atom. The molecule has 2 amide bonds.